The molecule has 98 valence electrons. The molecule has 1 nitrogen and oxygen atoms in total. The van der Waals surface area contributed by atoms with Crippen LogP contribution < -0.4 is 4.74 Å². The summed E-state index contributed by atoms with van der Waals surface area (Å²) in [7, 11) is 0. The lowest BCUT2D eigenvalue weighted by Crippen LogP contribution is -2.43. The second kappa shape index (κ2) is 4.41. The van der Waals surface area contributed by atoms with Gasteiger partial charge in [0.2, 0.25) is 0 Å². The van der Waals surface area contributed by atoms with E-state index in [1.165, 1.54) is 11.1 Å². The van der Waals surface area contributed by atoms with Gasteiger partial charge in [0.1, 0.15) is 11.4 Å². The lowest BCUT2D eigenvalue weighted by atomic mass is 9.72. The second-order valence-electron chi connectivity index (χ2n) is 5.92. The van der Waals surface area contributed by atoms with E-state index in [0.717, 1.165) is 5.75 Å². The highest BCUT2D eigenvalue weighted by molar-refractivity contribution is 5.45. The van der Waals surface area contributed by atoms with Crippen molar-refractivity contribution in [3.63, 3.8) is 0 Å². The summed E-state index contributed by atoms with van der Waals surface area (Å²) in [4.78, 5) is 0. The first kappa shape index (κ1) is 12.3. The molecule has 0 radical (unpaired) electrons. The third-order valence-corrected chi connectivity index (χ3v) is 4.38. The van der Waals surface area contributed by atoms with Gasteiger partial charge in [0.25, 0.3) is 0 Å². The molecule has 3 rings (SSSR count). The van der Waals surface area contributed by atoms with E-state index in [-0.39, 0.29) is 5.60 Å². The Bertz CT molecular complexity index is 571. The molecule has 0 spiro atoms. The highest BCUT2D eigenvalue weighted by Crippen LogP contribution is 2.47. The van der Waals surface area contributed by atoms with Gasteiger partial charge in [0.15, 0.2) is 0 Å². The van der Waals surface area contributed by atoms with Crippen LogP contribution in [0, 0.1) is 5.92 Å². The van der Waals surface area contributed by atoms with Crippen LogP contribution >= 0.6 is 0 Å². The third-order valence-electron chi connectivity index (χ3n) is 4.38. The SMILES string of the molecule is CC1C(c2ccccc2)c2ccccc2OC1(C)C. The molecule has 1 heteroatoms. The minimum absolute atomic E-state index is 0.144. The number of ether oxygens (including phenoxy) is 1. The van der Waals surface area contributed by atoms with Gasteiger partial charge in [0, 0.05) is 17.4 Å². The molecule has 0 amide bonds. The van der Waals surface area contributed by atoms with Crippen molar-refractivity contribution < 1.29 is 4.74 Å². The number of rotatable bonds is 1. The molecule has 0 N–H and O–H groups in total. The highest BCUT2D eigenvalue weighted by atomic mass is 16.5. The van der Waals surface area contributed by atoms with E-state index in [0.29, 0.717) is 11.8 Å². The van der Waals surface area contributed by atoms with E-state index in [9.17, 15) is 0 Å². The Kier molecular flexibility index (Phi) is 2.85. The Balaban J connectivity index is 2.16. The molecule has 2 unspecified atom stereocenters. The van der Waals surface area contributed by atoms with Crippen molar-refractivity contribution in [2.75, 3.05) is 0 Å². The predicted octanol–water partition coefficient (Wildman–Crippen LogP) is 4.63. The quantitative estimate of drug-likeness (QED) is 0.719. The average molecular weight is 252 g/mol. The minimum Gasteiger partial charge on any atom is -0.487 e. The molecular formula is C18H20O. The van der Waals surface area contributed by atoms with Gasteiger partial charge in [-0.25, -0.2) is 0 Å². The van der Waals surface area contributed by atoms with Crippen molar-refractivity contribution in [3.05, 3.63) is 65.7 Å². The van der Waals surface area contributed by atoms with Crippen LogP contribution in [-0.4, -0.2) is 5.60 Å². The van der Waals surface area contributed by atoms with Crippen LogP contribution in [0.15, 0.2) is 54.6 Å². The van der Waals surface area contributed by atoms with E-state index in [2.05, 4.69) is 69.3 Å². The Morgan fingerprint density at radius 3 is 2.26 bits per heavy atom. The van der Waals surface area contributed by atoms with E-state index in [1.807, 2.05) is 6.07 Å². The average Bonchev–Trinajstić information content (AvgIpc) is 2.41. The van der Waals surface area contributed by atoms with Crippen molar-refractivity contribution >= 4 is 0 Å². The standard InChI is InChI=1S/C18H20O/c1-13-17(14-9-5-4-6-10-14)15-11-7-8-12-16(15)19-18(13,2)3/h4-13,17H,1-3H3. The summed E-state index contributed by atoms with van der Waals surface area (Å²) in [6, 6.07) is 19.2. The normalized spacial score (nSPS) is 24.4. The highest BCUT2D eigenvalue weighted by Gasteiger charge is 2.41. The molecule has 1 aliphatic heterocycles. The monoisotopic (exact) mass is 252 g/mol. The first-order valence-corrected chi connectivity index (χ1v) is 6.92. The predicted molar refractivity (Wildman–Crippen MR) is 78.6 cm³/mol. The van der Waals surface area contributed by atoms with Gasteiger partial charge in [-0.15, -0.1) is 0 Å². The van der Waals surface area contributed by atoms with Crippen LogP contribution in [0.1, 0.15) is 37.8 Å². The first-order valence-electron chi connectivity index (χ1n) is 6.92. The van der Waals surface area contributed by atoms with Gasteiger partial charge in [-0.3, -0.25) is 0 Å². The summed E-state index contributed by atoms with van der Waals surface area (Å²) >= 11 is 0. The molecule has 0 aliphatic carbocycles. The van der Waals surface area contributed by atoms with E-state index >= 15 is 0 Å². The molecule has 2 atom stereocenters. The minimum atomic E-state index is -0.144. The van der Waals surface area contributed by atoms with Crippen LogP contribution in [0.25, 0.3) is 0 Å². The van der Waals surface area contributed by atoms with Crippen LogP contribution in [-0.2, 0) is 0 Å². The van der Waals surface area contributed by atoms with Crippen molar-refractivity contribution in [1.82, 2.24) is 0 Å². The van der Waals surface area contributed by atoms with Crippen molar-refractivity contribution in [1.29, 1.82) is 0 Å². The van der Waals surface area contributed by atoms with Gasteiger partial charge < -0.3 is 4.74 Å². The largest absolute Gasteiger partial charge is 0.487 e. The molecule has 19 heavy (non-hydrogen) atoms. The van der Waals surface area contributed by atoms with Gasteiger partial charge in [-0.05, 0) is 25.5 Å². The molecule has 0 bridgehead atoms. The summed E-state index contributed by atoms with van der Waals surface area (Å²) in [5.41, 5.74) is 2.54. The summed E-state index contributed by atoms with van der Waals surface area (Å²) in [6.45, 7) is 6.65. The zero-order valence-corrected chi connectivity index (χ0v) is 11.8. The summed E-state index contributed by atoms with van der Waals surface area (Å²) < 4.78 is 6.18. The number of fused-ring (bicyclic) bond motifs is 1. The molecule has 2 aromatic rings. The van der Waals surface area contributed by atoms with Gasteiger partial charge >= 0.3 is 0 Å². The Morgan fingerprint density at radius 2 is 1.53 bits per heavy atom. The molecule has 0 saturated carbocycles. The second-order valence-corrected chi connectivity index (χ2v) is 5.92. The Morgan fingerprint density at radius 1 is 0.895 bits per heavy atom. The zero-order valence-electron chi connectivity index (χ0n) is 11.8. The number of hydrogen-bond acceptors (Lipinski definition) is 1. The molecule has 1 heterocycles. The topological polar surface area (TPSA) is 9.23 Å². The van der Waals surface area contributed by atoms with Crippen LogP contribution in [0.4, 0.5) is 0 Å². The van der Waals surface area contributed by atoms with Crippen molar-refractivity contribution in [2.45, 2.75) is 32.3 Å². The fraction of sp³-hybridized carbons (Fsp3) is 0.333. The van der Waals surface area contributed by atoms with Crippen LogP contribution in [0.2, 0.25) is 0 Å². The molecule has 0 saturated heterocycles. The van der Waals surface area contributed by atoms with Crippen LogP contribution in [0.3, 0.4) is 0 Å². The lowest BCUT2D eigenvalue weighted by Gasteiger charge is -2.43. The van der Waals surface area contributed by atoms with E-state index < -0.39 is 0 Å². The molecular weight excluding hydrogens is 232 g/mol. The fourth-order valence-electron chi connectivity index (χ4n) is 3.01. The summed E-state index contributed by atoms with van der Waals surface area (Å²) in [6.07, 6.45) is 0. The van der Waals surface area contributed by atoms with Gasteiger partial charge in [0.05, 0.1) is 0 Å². The molecule has 2 aromatic carbocycles. The Labute approximate surface area is 115 Å². The van der Waals surface area contributed by atoms with Gasteiger partial charge in [-0.1, -0.05) is 55.5 Å². The van der Waals surface area contributed by atoms with E-state index in [1.54, 1.807) is 0 Å². The number of para-hydroxylation sites is 1. The smallest absolute Gasteiger partial charge is 0.123 e. The Hall–Kier alpha value is -1.76. The fourth-order valence-corrected chi connectivity index (χ4v) is 3.01. The maximum Gasteiger partial charge on any atom is 0.123 e. The summed E-state index contributed by atoms with van der Waals surface area (Å²) in [5.74, 6) is 1.87. The summed E-state index contributed by atoms with van der Waals surface area (Å²) in [5, 5.41) is 0. The van der Waals surface area contributed by atoms with Crippen LogP contribution in [0.5, 0.6) is 5.75 Å². The van der Waals surface area contributed by atoms with Gasteiger partial charge in [-0.2, -0.15) is 0 Å². The van der Waals surface area contributed by atoms with E-state index in [4.69, 9.17) is 4.74 Å². The molecule has 0 aromatic heterocycles. The van der Waals surface area contributed by atoms with Crippen molar-refractivity contribution in [3.8, 4) is 5.75 Å². The molecule has 0 fully saturated rings. The third kappa shape index (κ3) is 2.03. The first-order chi connectivity index (χ1) is 9.09. The lowest BCUT2D eigenvalue weighted by molar-refractivity contribution is 0.0259. The maximum atomic E-state index is 6.18. The number of benzene rings is 2. The molecule has 1 aliphatic rings. The number of hydrogen-bond donors (Lipinski definition) is 0. The van der Waals surface area contributed by atoms with Crippen molar-refractivity contribution in [2.24, 2.45) is 5.92 Å². The zero-order chi connectivity index (χ0) is 13.5. The maximum absolute atomic E-state index is 6.18.